The van der Waals surface area contributed by atoms with Gasteiger partial charge in [0.15, 0.2) is 5.58 Å². The highest BCUT2D eigenvalue weighted by atomic mass is 79.9. The van der Waals surface area contributed by atoms with Crippen molar-refractivity contribution in [3.8, 4) is 11.1 Å². The van der Waals surface area contributed by atoms with Gasteiger partial charge in [-0.2, -0.15) is 0 Å². The summed E-state index contributed by atoms with van der Waals surface area (Å²) in [7, 11) is 0. The number of carbonyl (C=O) groups is 2. The lowest BCUT2D eigenvalue weighted by Crippen LogP contribution is -2.14. The maximum atomic E-state index is 14.3. The number of anilines is 1. The lowest BCUT2D eigenvalue weighted by molar-refractivity contribution is 0.0699. The number of carbonyl (C=O) groups excluding carboxylic acids is 1. The van der Waals surface area contributed by atoms with Gasteiger partial charge in [-0.05, 0) is 24.3 Å². The van der Waals surface area contributed by atoms with Gasteiger partial charge in [-0.25, -0.2) is 14.2 Å². The first-order valence-corrected chi connectivity index (χ1v) is 9.58. The molecule has 0 aliphatic rings. The van der Waals surface area contributed by atoms with Crippen molar-refractivity contribution < 1.29 is 23.5 Å². The number of oxazole rings is 1. The number of carboxylic acid groups (broad SMARTS) is 1. The minimum absolute atomic E-state index is 0.0667. The molecule has 1 amide bonds. The molecule has 9 heteroatoms. The van der Waals surface area contributed by atoms with Gasteiger partial charge in [0.1, 0.15) is 21.9 Å². The molecule has 2 heterocycles. The topological polar surface area (TPSA) is 92.4 Å². The summed E-state index contributed by atoms with van der Waals surface area (Å²) >= 11 is 4.15. The molecule has 2 N–H and O–H groups in total. The predicted octanol–water partition coefficient (Wildman–Crippen LogP) is 5.41. The smallest absolute Gasteiger partial charge is 0.339 e. The average molecular weight is 461 g/mol. The van der Waals surface area contributed by atoms with Crippen molar-refractivity contribution in [2.45, 2.75) is 0 Å². The molecule has 2 aromatic carbocycles. The number of nitrogens with one attached hydrogen (secondary N) is 1. The average Bonchev–Trinajstić information content (AvgIpc) is 3.26. The minimum atomic E-state index is -1.29. The Kier molecular flexibility index (Phi) is 4.70. The molecule has 0 radical (unpaired) electrons. The summed E-state index contributed by atoms with van der Waals surface area (Å²) in [5.74, 6) is -2.75. The fourth-order valence-electron chi connectivity index (χ4n) is 2.69. The van der Waals surface area contributed by atoms with Crippen LogP contribution in [0, 0.1) is 5.82 Å². The van der Waals surface area contributed by atoms with Crippen molar-refractivity contribution in [3.63, 3.8) is 0 Å². The van der Waals surface area contributed by atoms with Crippen molar-refractivity contribution in [1.29, 1.82) is 0 Å². The second-order valence-corrected chi connectivity index (χ2v) is 7.52. The van der Waals surface area contributed by atoms with Crippen LogP contribution in [0.3, 0.4) is 0 Å². The summed E-state index contributed by atoms with van der Waals surface area (Å²) in [5.41, 5.74) is 1.05. The molecule has 28 heavy (non-hydrogen) atoms. The molecule has 0 spiro atoms. The number of carboxylic acids is 1. The summed E-state index contributed by atoms with van der Waals surface area (Å²) in [6.45, 7) is 0. The third-order valence-electron chi connectivity index (χ3n) is 3.94. The minimum Gasteiger partial charge on any atom is -0.478 e. The SMILES string of the molecule is O=C(Nc1scc(-c2ccc(Br)cc2F)c1C(=O)O)c1nc2ccccc2o1. The van der Waals surface area contributed by atoms with Crippen LogP contribution in [0.2, 0.25) is 0 Å². The van der Waals surface area contributed by atoms with Gasteiger partial charge < -0.3 is 14.8 Å². The normalized spacial score (nSPS) is 10.9. The molecule has 0 saturated carbocycles. The number of amides is 1. The third-order valence-corrected chi connectivity index (χ3v) is 5.33. The zero-order chi connectivity index (χ0) is 19.8. The highest BCUT2D eigenvalue weighted by Crippen LogP contribution is 2.37. The predicted molar refractivity (Wildman–Crippen MR) is 106 cm³/mol. The summed E-state index contributed by atoms with van der Waals surface area (Å²) < 4.78 is 20.2. The number of rotatable bonds is 4. The van der Waals surface area contributed by atoms with Gasteiger partial charge in [0, 0.05) is 21.0 Å². The van der Waals surface area contributed by atoms with Crippen LogP contribution in [0.4, 0.5) is 9.39 Å². The maximum Gasteiger partial charge on any atom is 0.339 e. The number of thiophene rings is 1. The fraction of sp³-hybridized carbons (Fsp3) is 0. The van der Waals surface area contributed by atoms with E-state index in [1.165, 1.54) is 17.5 Å². The highest BCUT2D eigenvalue weighted by Gasteiger charge is 2.24. The molecule has 2 aromatic heterocycles. The second-order valence-electron chi connectivity index (χ2n) is 5.72. The Morgan fingerprint density at radius 2 is 1.96 bits per heavy atom. The van der Waals surface area contributed by atoms with Crippen LogP contribution in [0.5, 0.6) is 0 Å². The first-order chi connectivity index (χ1) is 13.4. The zero-order valence-electron chi connectivity index (χ0n) is 13.9. The van der Waals surface area contributed by atoms with Gasteiger partial charge in [-0.3, -0.25) is 4.79 Å². The number of para-hydroxylation sites is 2. The number of aromatic carboxylic acids is 1. The van der Waals surface area contributed by atoms with E-state index < -0.39 is 17.7 Å². The lowest BCUT2D eigenvalue weighted by atomic mass is 10.0. The van der Waals surface area contributed by atoms with E-state index in [1.807, 2.05) is 0 Å². The van der Waals surface area contributed by atoms with Gasteiger partial charge in [-0.1, -0.05) is 34.1 Å². The Balaban J connectivity index is 1.71. The summed E-state index contributed by atoms with van der Waals surface area (Å²) in [5, 5.41) is 13.7. The van der Waals surface area contributed by atoms with Crippen molar-refractivity contribution in [2.75, 3.05) is 5.32 Å². The molecule has 0 aliphatic carbocycles. The summed E-state index contributed by atoms with van der Waals surface area (Å²) in [4.78, 5) is 28.4. The molecule has 0 fully saturated rings. The quantitative estimate of drug-likeness (QED) is 0.424. The number of benzene rings is 2. The molecule has 0 saturated heterocycles. The first kappa shape index (κ1) is 18.3. The van der Waals surface area contributed by atoms with Crippen LogP contribution in [0.25, 0.3) is 22.2 Å². The van der Waals surface area contributed by atoms with Gasteiger partial charge in [0.05, 0.1) is 0 Å². The Bertz CT molecular complexity index is 1200. The van der Waals surface area contributed by atoms with Crippen LogP contribution in [0.1, 0.15) is 21.0 Å². The molecule has 140 valence electrons. The number of halogens is 2. The van der Waals surface area contributed by atoms with Crippen molar-refractivity contribution in [1.82, 2.24) is 4.98 Å². The molecule has 4 rings (SSSR count). The van der Waals surface area contributed by atoms with E-state index in [9.17, 15) is 19.1 Å². The zero-order valence-corrected chi connectivity index (χ0v) is 16.3. The van der Waals surface area contributed by atoms with Crippen molar-refractivity contribution >= 4 is 55.2 Å². The molecule has 0 bridgehead atoms. The van der Waals surface area contributed by atoms with E-state index in [0.29, 0.717) is 15.6 Å². The standard InChI is InChI=1S/C19H10BrFN2O4S/c20-9-5-6-10(12(21)7-9)11-8-28-18(15(11)19(25)26)23-16(24)17-22-13-3-1-2-4-14(13)27-17/h1-8H,(H,23,24)(H,25,26). The molecule has 0 aliphatic heterocycles. The van der Waals surface area contributed by atoms with E-state index >= 15 is 0 Å². The van der Waals surface area contributed by atoms with Crippen molar-refractivity contribution in [2.24, 2.45) is 0 Å². The highest BCUT2D eigenvalue weighted by molar-refractivity contribution is 9.10. The molecule has 6 nitrogen and oxygen atoms in total. The van der Waals surface area contributed by atoms with E-state index in [0.717, 1.165) is 11.3 Å². The van der Waals surface area contributed by atoms with E-state index in [2.05, 4.69) is 26.2 Å². The van der Waals surface area contributed by atoms with Crippen LogP contribution >= 0.6 is 27.3 Å². The fourth-order valence-corrected chi connectivity index (χ4v) is 3.97. The lowest BCUT2D eigenvalue weighted by Gasteiger charge is -2.06. The number of nitrogens with zero attached hydrogens (tertiary/aromatic N) is 1. The number of hydrogen-bond acceptors (Lipinski definition) is 5. The van der Waals surface area contributed by atoms with Crippen LogP contribution in [0.15, 0.2) is 56.7 Å². The molecule has 0 unspecified atom stereocenters. The maximum absolute atomic E-state index is 14.3. The number of fused-ring (bicyclic) bond motifs is 1. The molecule has 0 atom stereocenters. The monoisotopic (exact) mass is 460 g/mol. The number of aromatic nitrogens is 1. The third kappa shape index (κ3) is 3.30. The van der Waals surface area contributed by atoms with E-state index in [1.54, 1.807) is 30.3 Å². The van der Waals surface area contributed by atoms with Crippen LogP contribution in [-0.4, -0.2) is 22.0 Å². The van der Waals surface area contributed by atoms with Crippen molar-refractivity contribution in [3.05, 3.63) is 69.6 Å². The number of hydrogen-bond donors (Lipinski definition) is 2. The van der Waals surface area contributed by atoms with Crippen LogP contribution < -0.4 is 5.32 Å². The Labute approximate surface area is 169 Å². The van der Waals surface area contributed by atoms with Gasteiger partial charge >= 0.3 is 11.9 Å². The Hall–Kier alpha value is -3.04. The molecule has 4 aromatic rings. The largest absolute Gasteiger partial charge is 0.478 e. The summed E-state index contributed by atoms with van der Waals surface area (Å²) in [6.07, 6.45) is 0. The summed E-state index contributed by atoms with van der Waals surface area (Å²) in [6, 6.07) is 11.2. The Morgan fingerprint density at radius 1 is 1.18 bits per heavy atom. The van der Waals surface area contributed by atoms with Gasteiger partial charge in [0.2, 0.25) is 0 Å². The van der Waals surface area contributed by atoms with E-state index in [4.69, 9.17) is 4.42 Å². The molecular weight excluding hydrogens is 451 g/mol. The second kappa shape index (κ2) is 7.17. The Morgan fingerprint density at radius 3 is 2.68 bits per heavy atom. The van der Waals surface area contributed by atoms with E-state index in [-0.39, 0.29) is 27.6 Å². The van der Waals surface area contributed by atoms with Gasteiger partial charge in [-0.15, -0.1) is 11.3 Å². The molecular formula is C19H10BrFN2O4S. The van der Waals surface area contributed by atoms with Gasteiger partial charge in [0.25, 0.3) is 5.89 Å². The van der Waals surface area contributed by atoms with Crippen LogP contribution in [-0.2, 0) is 0 Å². The first-order valence-electron chi connectivity index (χ1n) is 7.91.